The van der Waals surface area contributed by atoms with Crippen LogP contribution in [0.1, 0.15) is 0 Å². The topological polar surface area (TPSA) is 91.5 Å². The predicted octanol–water partition coefficient (Wildman–Crippen LogP) is 2.64. The van der Waals surface area contributed by atoms with Crippen LogP contribution in [0, 0.1) is 0 Å². The molecule has 23 heavy (non-hydrogen) atoms. The van der Waals surface area contributed by atoms with Crippen molar-refractivity contribution >= 4 is 11.5 Å². The molecule has 0 fully saturated rings. The van der Waals surface area contributed by atoms with Crippen molar-refractivity contribution in [2.24, 2.45) is 0 Å². The molecule has 114 valence electrons. The Balaban J connectivity index is 1.82. The van der Waals surface area contributed by atoms with Crippen LogP contribution in [0.3, 0.4) is 0 Å². The average Bonchev–Trinajstić information content (AvgIpc) is 3.24. The van der Waals surface area contributed by atoms with E-state index in [-0.39, 0.29) is 0 Å². The van der Waals surface area contributed by atoms with E-state index < -0.39 is 0 Å². The van der Waals surface area contributed by atoms with Gasteiger partial charge in [-0.2, -0.15) is 4.52 Å². The van der Waals surface area contributed by atoms with Crippen molar-refractivity contribution in [1.29, 1.82) is 0 Å². The molecule has 0 radical (unpaired) electrons. The lowest BCUT2D eigenvalue weighted by Gasteiger charge is -2.05. The number of pyridine rings is 2. The van der Waals surface area contributed by atoms with Gasteiger partial charge in [0.25, 0.3) is 0 Å². The zero-order valence-corrected chi connectivity index (χ0v) is 12.3. The molecule has 0 saturated carbocycles. The maximum atomic E-state index is 6.10. The highest BCUT2D eigenvalue weighted by Gasteiger charge is 2.12. The van der Waals surface area contributed by atoms with E-state index in [1.165, 1.54) is 0 Å². The number of nitrogen functional groups attached to an aromatic ring is 1. The van der Waals surface area contributed by atoms with E-state index in [0.29, 0.717) is 28.9 Å². The number of methoxy groups -OCH3 is 1. The second-order valence-electron chi connectivity index (χ2n) is 4.94. The standard InChI is InChI=1S/C16H13N5O2/c1-22-15-5-4-10(9-18-15)11-7-13(17)21-14(8-11)19-16(20-21)12-3-2-6-23-12/h2-9H,17H2,1H3. The summed E-state index contributed by atoms with van der Waals surface area (Å²) in [5, 5.41) is 4.37. The summed E-state index contributed by atoms with van der Waals surface area (Å²) in [6.07, 6.45) is 3.31. The first kappa shape index (κ1) is 13.3. The zero-order chi connectivity index (χ0) is 15.8. The molecule has 0 amide bonds. The Morgan fingerprint density at radius 3 is 2.78 bits per heavy atom. The van der Waals surface area contributed by atoms with Gasteiger partial charge in [-0.3, -0.25) is 0 Å². The molecule has 4 aromatic rings. The highest BCUT2D eigenvalue weighted by atomic mass is 16.5. The maximum Gasteiger partial charge on any atom is 0.217 e. The fourth-order valence-corrected chi connectivity index (χ4v) is 2.36. The normalized spacial score (nSPS) is 11.0. The fourth-order valence-electron chi connectivity index (χ4n) is 2.36. The molecule has 0 aliphatic rings. The smallest absolute Gasteiger partial charge is 0.217 e. The fraction of sp³-hybridized carbons (Fsp3) is 0.0625. The third-order valence-electron chi connectivity index (χ3n) is 3.49. The summed E-state index contributed by atoms with van der Waals surface area (Å²) in [5.41, 5.74) is 8.57. The number of furan rings is 1. The largest absolute Gasteiger partial charge is 0.481 e. The molecule has 2 N–H and O–H groups in total. The lowest BCUT2D eigenvalue weighted by atomic mass is 10.1. The Morgan fingerprint density at radius 2 is 2.09 bits per heavy atom. The van der Waals surface area contributed by atoms with Gasteiger partial charge < -0.3 is 14.9 Å². The van der Waals surface area contributed by atoms with E-state index in [0.717, 1.165) is 11.1 Å². The van der Waals surface area contributed by atoms with Crippen molar-refractivity contribution < 1.29 is 9.15 Å². The Hall–Kier alpha value is -3.35. The summed E-state index contributed by atoms with van der Waals surface area (Å²) >= 11 is 0. The first-order valence-corrected chi connectivity index (χ1v) is 6.95. The number of fused-ring (bicyclic) bond motifs is 1. The average molecular weight is 307 g/mol. The van der Waals surface area contributed by atoms with Gasteiger partial charge in [-0.05, 0) is 35.9 Å². The molecule has 7 heteroatoms. The van der Waals surface area contributed by atoms with Crippen molar-refractivity contribution in [3.8, 4) is 28.6 Å². The summed E-state index contributed by atoms with van der Waals surface area (Å²) in [7, 11) is 1.58. The third-order valence-corrected chi connectivity index (χ3v) is 3.49. The minimum absolute atomic E-state index is 0.485. The summed E-state index contributed by atoms with van der Waals surface area (Å²) in [4.78, 5) is 8.68. The Morgan fingerprint density at radius 1 is 1.17 bits per heavy atom. The molecule has 7 nitrogen and oxygen atoms in total. The van der Waals surface area contributed by atoms with E-state index in [9.17, 15) is 0 Å². The van der Waals surface area contributed by atoms with E-state index in [1.54, 1.807) is 42.3 Å². The van der Waals surface area contributed by atoms with Crippen LogP contribution in [0.2, 0.25) is 0 Å². The van der Waals surface area contributed by atoms with Gasteiger partial charge in [-0.25, -0.2) is 9.97 Å². The van der Waals surface area contributed by atoms with Gasteiger partial charge in [-0.1, -0.05) is 0 Å². The molecule has 0 aliphatic heterocycles. The number of anilines is 1. The van der Waals surface area contributed by atoms with E-state index >= 15 is 0 Å². The van der Waals surface area contributed by atoms with E-state index in [1.807, 2.05) is 18.2 Å². The van der Waals surface area contributed by atoms with Gasteiger partial charge in [0.15, 0.2) is 11.4 Å². The number of hydrogen-bond acceptors (Lipinski definition) is 6. The molecule has 0 bridgehead atoms. The molecular formula is C16H13N5O2. The lowest BCUT2D eigenvalue weighted by molar-refractivity contribution is 0.398. The number of aromatic nitrogens is 4. The van der Waals surface area contributed by atoms with Crippen LogP contribution in [0.5, 0.6) is 5.88 Å². The monoisotopic (exact) mass is 307 g/mol. The number of nitrogens with zero attached hydrogens (tertiary/aromatic N) is 4. The molecule has 0 saturated heterocycles. The molecule has 0 spiro atoms. The molecule has 0 atom stereocenters. The second-order valence-corrected chi connectivity index (χ2v) is 4.94. The maximum absolute atomic E-state index is 6.10. The second kappa shape index (κ2) is 5.13. The van der Waals surface area contributed by atoms with Crippen LogP contribution in [0.15, 0.2) is 53.3 Å². The van der Waals surface area contributed by atoms with Gasteiger partial charge in [0.1, 0.15) is 5.82 Å². The predicted molar refractivity (Wildman–Crippen MR) is 84.9 cm³/mol. The molecule has 4 rings (SSSR count). The first-order valence-electron chi connectivity index (χ1n) is 6.95. The van der Waals surface area contributed by atoms with Gasteiger partial charge in [0.2, 0.25) is 11.7 Å². The lowest BCUT2D eigenvalue weighted by Crippen LogP contribution is -1.99. The van der Waals surface area contributed by atoms with Gasteiger partial charge in [-0.15, -0.1) is 5.10 Å². The molecule has 0 unspecified atom stereocenters. The highest BCUT2D eigenvalue weighted by Crippen LogP contribution is 2.25. The summed E-state index contributed by atoms with van der Waals surface area (Å²) in [5.74, 6) is 2.14. The summed E-state index contributed by atoms with van der Waals surface area (Å²) in [6.45, 7) is 0. The van der Waals surface area contributed by atoms with Crippen molar-refractivity contribution in [1.82, 2.24) is 19.6 Å². The SMILES string of the molecule is COc1ccc(-c2cc(N)n3nc(-c4ccco4)nc3c2)cn1. The van der Waals surface area contributed by atoms with Crippen molar-refractivity contribution in [3.05, 3.63) is 48.9 Å². The van der Waals surface area contributed by atoms with E-state index in [4.69, 9.17) is 14.9 Å². The minimum Gasteiger partial charge on any atom is -0.481 e. The number of hydrogen-bond donors (Lipinski definition) is 1. The Bertz CT molecular complexity index is 958. The number of nitrogens with two attached hydrogens (primary N) is 1. The quantitative estimate of drug-likeness (QED) is 0.625. The van der Waals surface area contributed by atoms with Crippen molar-refractivity contribution in [2.75, 3.05) is 12.8 Å². The molecule has 4 heterocycles. The van der Waals surface area contributed by atoms with Crippen LogP contribution >= 0.6 is 0 Å². The van der Waals surface area contributed by atoms with Crippen LogP contribution in [0.25, 0.3) is 28.4 Å². The molecule has 0 aliphatic carbocycles. The van der Waals surface area contributed by atoms with Gasteiger partial charge in [0.05, 0.1) is 13.4 Å². The number of rotatable bonds is 3. The Labute approximate surface area is 131 Å². The summed E-state index contributed by atoms with van der Waals surface area (Å²) in [6, 6.07) is 11.0. The van der Waals surface area contributed by atoms with E-state index in [2.05, 4.69) is 15.1 Å². The van der Waals surface area contributed by atoms with Gasteiger partial charge >= 0.3 is 0 Å². The Kier molecular flexibility index (Phi) is 2.97. The molecule has 0 aromatic carbocycles. The minimum atomic E-state index is 0.485. The molecular weight excluding hydrogens is 294 g/mol. The third kappa shape index (κ3) is 2.28. The highest BCUT2D eigenvalue weighted by molar-refractivity contribution is 5.71. The van der Waals surface area contributed by atoms with Crippen LogP contribution in [0.4, 0.5) is 5.82 Å². The van der Waals surface area contributed by atoms with Crippen LogP contribution in [-0.4, -0.2) is 26.7 Å². The van der Waals surface area contributed by atoms with Crippen molar-refractivity contribution in [2.45, 2.75) is 0 Å². The first-order chi connectivity index (χ1) is 11.2. The zero-order valence-electron chi connectivity index (χ0n) is 12.3. The van der Waals surface area contributed by atoms with Crippen LogP contribution in [-0.2, 0) is 0 Å². The van der Waals surface area contributed by atoms with Crippen LogP contribution < -0.4 is 10.5 Å². The van der Waals surface area contributed by atoms with Crippen molar-refractivity contribution in [3.63, 3.8) is 0 Å². The molecule has 4 aromatic heterocycles. The van der Waals surface area contributed by atoms with Gasteiger partial charge in [0, 0.05) is 17.8 Å². The summed E-state index contributed by atoms with van der Waals surface area (Å²) < 4.78 is 12.0. The number of ether oxygens (including phenoxy) is 1.